The number of carbonyl (C=O) groups is 1. The standard InChI is InChI=1S/C14H18ClNO3/c1-9-7-16(8-10(2)19-9)14(17)12-6-11(15)4-5-13(12)18-3/h4-6,9-10H,7-8H2,1-3H3/t9-,10+. The molecule has 1 aromatic carbocycles. The number of hydrogen-bond donors (Lipinski definition) is 0. The van der Waals surface area contributed by atoms with Crippen LogP contribution in [0.3, 0.4) is 0 Å². The average Bonchev–Trinajstić information content (AvgIpc) is 2.36. The largest absolute Gasteiger partial charge is 0.496 e. The maximum atomic E-state index is 12.6. The number of halogens is 1. The van der Waals surface area contributed by atoms with E-state index in [9.17, 15) is 4.79 Å². The summed E-state index contributed by atoms with van der Waals surface area (Å²) < 4.78 is 10.9. The molecule has 104 valence electrons. The van der Waals surface area contributed by atoms with E-state index in [2.05, 4.69) is 0 Å². The zero-order chi connectivity index (χ0) is 14.0. The highest BCUT2D eigenvalue weighted by Gasteiger charge is 2.28. The molecule has 1 aliphatic heterocycles. The van der Waals surface area contributed by atoms with Gasteiger partial charge in [-0.25, -0.2) is 0 Å². The molecule has 19 heavy (non-hydrogen) atoms. The van der Waals surface area contributed by atoms with Crippen LogP contribution in [0.4, 0.5) is 0 Å². The summed E-state index contributed by atoms with van der Waals surface area (Å²) in [6, 6.07) is 5.07. The Kier molecular flexibility index (Phi) is 4.32. The molecule has 0 saturated carbocycles. The van der Waals surface area contributed by atoms with Crippen molar-refractivity contribution in [3.05, 3.63) is 28.8 Å². The molecular formula is C14H18ClNO3. The van der Waals surface area contributed by atoms with Crippen molar-refractivity contribution in [2.45, 2.75) is 26.1 Å². The molecule has 0 aromatic heterocycles. The fraction of sp³-hybridized carbons (Fsp3) is 0.500. The third-order valence-corrected chi connectivity index (χ3v) is 3.33. The van der Waals surface area contributed by atoms with Crippen LogP contribution in [-0.2, 0) is 4.74 Å². The monoisotopic (exact) mass is 283 g/mol. The molecule has 2 atom stereocenters. The van der Waals surface area contributed by atoms with Gasteiger partial charge in [-0.05, 0) is 32.0 Å². The topological polar surface area (TPSA) is 38.8 Å². The van der Waals surface area contributed by atoms with Gasteiger partial charge >= 0.3 is 0 Å². The molecule has 0 bridgehead atoms. The van der Waals surface area contributed by atoms with E-state index in [0.717, 1.165) is 0 Å². The van der Waals surface area contributed by atoms with E-state index in [0.29, 0.717) is 29.4 Å². The first-order valence-electron chi connectivity index (χ1n) is 6.29. The zero-order valence-electron chi connectivity index (χ0n) is 11.4. The van der Waals surface area contributed by atoms with Crippen molar-refractivity contribution in [1.82, 2.24) is 4.90 Å². The van der Waals surface area contributed by atoms with Crippen molar-refractivity contribution in [3.63, 3.8) is 0 Å². The van der Waals surface area contributed by atoms with E-state index in [-0.39, 0.29) is 18.1 Å². The smallest absolute Gasteiger partial charge is 0.257 e. The summed E-state index contributed by atoms with van der Waals surface area (Å²) in [5, 5.41) is 0.526. The predicted molar refractivity (Wildman–Crippen MR) is 73.9 cm³/mol. The lowest BCUT2D eigenvalue weighted by Crippen LogP contribution is -2.48. The molecule has 2 rings (SSSR count). The first-order valence-corrected chi connectivity index (χ1v) is 6.67. The molecule has 0 unspecified atom stereocenters. The Morgan fingerprint density at radius 1 is 1.37 bits per heavy atom. The van der Waals surface area contributed by atoms with E-state index in [1.165, 1.54) is 0 Å². The van der Waals surface area contributed by atoms with Gasteiger partial charge in [0.2, 0.25) is 0 Å². The van der Waals surface area contributed by atoms with Gasteiger partial charge < -0.3 is 14.4 Å². The molecule has 1 fully saturated rings. The number of hydrogen-bond acceptors (Lipinski definition) is 3. The minimum atomic E-state index is -0.0682. The van der Waals surface area contributed by atoms with E-state index in [1.807, 2.05) is 13.8 Å². The van der Waals surface area contributed by atoms with Gasteiger partial charge in [0.25, 0.3) is 5.91 Å². The van der Waals surface area contributed by atoms with E-state index >= 15 is 0 Å². The Labute approximate surface area is 118 Å². The van der Waals surface area contributed by atoms with Gasteiger partial charge in [0.15, 0.2) is 0 Å². The predicted octanol–water partition coefficient (Wildman–Crippen LogP) is 2.60. The summed E-state index contributed by atoms with van der Waals surface area (Å²) in [7, 11) is 1.55. The Hall–Kier alpha value is -1.26. The first kappa shape index (κ1) is 14.2. The van der Waals surface area contributed by atoms with Gasteiger partial charge in [0, 0.05) is 18.1 Å². The van der Waals surface area contributed by atoms with Crippen LogP contribution >= 0.6 is 11.6 Å². The fourth-order valence-corrected chi connectivity index (χ4v) is 2.53. The Morgan fingerprint density at radius 3 is 2.58 bits per heavy atom. The molecule has 0 radical (unpaired) electrons. The minimum absolute atomic E-state index is 0.0397. The lowest BCUT2D eigenvalue weighted by molar-refractivity contribution is -0.0586. The molecule has 0 N–H and O–H groups in total. The summed E-state index contributed by atoms with van der Waals surface area (Å²) in [4.78, 5) is 14.3. The summed E-state index contributed by atoms with van der Waals surface area (Å²) in [5.41, 5.74) is 0.497. The number of methoxy groups -OCH3 is 1. The van der Waals surface area contributed by atoms with Crippen LogP contribution in [0.25, 0.3) is 0 Å². The van der Waals surface area contributed by atoms with E-state index < -0.39 is 0 Å². The first-order chi connectivity index (χ1) is 9.01. The number of nitrogens with zero attached hydrogens (tertiary/aromatic N) is 1. The van der Waals surface area contributed by atoms with Crippen molar-refractivity contribution < 1.29 is 14.3 Å². The molecule has 1 aromatic rings. The van der Waals surface area contributed by atoms with Crippen molar-refractivity contribution in [2.75, 3.05) is 20.2 Å². The SMILES string of the molecule is COc1ccc(Cl)cc1C(=O)N1C[C@@H](C)O[C@@H](C)C1. The van der Waals surface area contributed by atoms with Gasteiger partial charge in [0.05, 0.1) is 24.9 Å². The quantitative estimate of drug-likeness (QED) is 0.837. The van der Waals surface area contributed by atoms with Crippen molar-refractivity contribution >= 4 is 17.5 Å². The number of rotatable bonds is 2. The molecule has 1 aliphatic rings. The Balaban J connectivity index is 2.26. The van der Waals surface area contributed by atoms with Crippen molar-refractivity contribution in [1.29, 1.82) is 0 Å². The van der Waals surface area contributed by atoms with Gasteiger partial charge in [-0.15, -0.1) is 0 Å². The zero-order valence-corrected chi connectivity index (χ0v) is 12.1. The second-order valence-corrected chi connectivity index (χ2v) is 5.25. The second-order valence-electron chi connectivity index (χ2n) is 4.81. The molecule has 4 nitrogen and oxygen atoms in total. The van der Waals surface area contributed by atoms with Crippen LogP contribution in [0.5, 0.6) is 5.75 Å². The van der Waals surface area contributed by atoms with Crippen LogP contribution < -0.4 is 4.74 Å². The highest BCUT2D eigenvalue weighted by atomic mass is 35.5. The number of carbonyl (C=O) groups excluding carboxylic acids is 1. The Bertz CT molecular complexity index is 468. The van der Waals surface area contributed by atoms with Gasteiger partial charge in [-0.3, -0.25) is 4.79 Å². The molecule has 1 saturated heterocycles. The summed E-state index contributed by atoms with van der Waals surface area (Å²) >= 11 is 5.96. The molecule has 1 heterocycles. The summed E-state index contributed by atoms with van der Waals surface area (Å²) in [6.45, 7) is 5.09. The molecule has 0 spiro atoms. The number of ether oxygens (including phenoxy) is 2. The lowest BCUT2D eigenvalue weighted by Gasteiger charge is -2.35. The molecule has 0 aliphatic carbocycles. The van der Waals surface area contributed by atoms with Gasteiger partial charge in [0.1, 0.15) is 5.75 Å². The number of benzene rings is 1. The maximum Gasteiger partial charge on any atom is 0.257 e. The third-order valence-electron chi connectivity index (χ3n) is 3.10. The number of morpholine rings is 1. The molecular weight excluding hydrogens is 266 g/mol. The maximum absolute atomic E-state index is 12.6. The Morgan fingerprint density at radius 2 is 2.00 bits per heavy atom. The van der Waals surface area contributed by atoms with Gasteiger partial charge in [-0.2, -0.15) is 0 Å². The lowest BCUT2D eigenvalue weighted by atomic mass is 10.1. The number of amides is 1. The van der Waals surface area contributed by atoms with Crippen LogP contribution in [0, 0.1) is 0 Å². The van der Waals surface area contributed by atoms with Crippen LogP contribution in [0.15, 0.2) is 18.2 Å². The summed E-state index contributed by atoms with van der Waals surface area (Å²) in [5.74, 6) is 0.475. The second kappa shape index (κ2) is 5.80. The fourth-order valence-electron chi connectivity index (χ4n) is 2.36. The highest BCUT2D eigenvalue weighted by Crippen LogP contribution is 2.25. The van der Waals surface area contributed by atoms with E-state index in [1.54, 1.807) is 30.2 Å². The molecule has 1 amide bonds. The third kappa shape index (κ3) is 3.19. The van der Waals surface area contributed by atoms with E-state index in [4.69, 9.17) is 21.1 Å². The average molecular weight is 284 g/mol. The normalized spacial score (nSPS) is 23.3. The van der Waals surface area contributed by atoms with Crippen LogP contribution in [-0.4, -0.2) is 43.2 Å². The van der Waals surface area contributed by atoms with Gasteiger partial charge in [-0.1, -0.05) is 11.6 Å². The highest BCUT2D eigenvalue weighted by molar-refractivity contribution is 6.31. The minimum Gasteiger partial charge on any atom is -0.496 e. The van der Waals surface area contributed by atoms with Crippen LogP contribution in [0.2, 0.25) is 5.02 Å². The van der Waals surface area contributed by atoms with Crippen LogP contribution in [0.1, 0.15) is 24.2 Å². The molecule has 5 heteroatoms. The summed E-state index contributed by atoms with van der Waals surface area (Å²) in [6.07, 6.45) is 0.0794. The van der Waals surface area contributed by atoms with Crippen molar-refractivity contribution in [2.24, 2.45) is 0 Å². The van der Waals surface area contributed by atoms with Crippen molar-refractivity contribution in [3.8, 4) is 5.75 Å².